The fourth-order valence-corrected chi connectivity index (χ4v) is 2.66. The zero-order valence-electron chi connectivity index (χ0n) is 10.0. The molecule has 0 saturated carbocycles. The van der Waals surface area contributed by atoms with Gasteiger partial charge in [-0.05, 0) is 43.5 Å². The van der Waals surface area contributed by atoms with E-state index in [1.54, 1.807) is 13.4 Å². The second kappa shape index (κ2) is 4.41. The number of rotatable bonds is 3. The molecule has 1 aromatic heterocycles. The zero-order valence-corrected chi connectivity index (χ0v) is 10.0. The van der Waals surface area contributed by atoms with Crippen LogP contribution < -0.4 is 10.1 Å². The van der Waals surface area contributed by atoms with Crippen LogP contribution in [0.4, 0.5) is 0 Å². The lowest BCUT2D eigenvalue weighted by molar-refractivity contribution is 0.411. The average molecular weight is 231 g/mol. The van der Waals surface area contributed by atoms with Gasteiger partial charge in [-0.25, -0.2) is 0 Å². The number of benzene rings is 1. The first-order valence-corrected chi connectivity index (χ1v) is 6.15. The Morgan fingerprint density at radius 2 is 2.35 bits per heavy atom. The summed E-state index contributed by atoms with van der Waals surface area (Å²) in [5.74, 6) is 0.963. The molecule has 1 N–H and O–H groups in total. The number of ether oxygens (including phenoxy) is 1. The highest BCUT2D eigenvalue weighted by Gasteiger charge is 2.18. The monoisotopic (exact) mass is 231 g/mol. The first-order valence-electron chi connectivity index (χ1n) is 6.15. The maximum Gasteiger partial charge on any atom is 0.137 e. The van der Waals surface area contributed by atoms with Gasteiger partial charge < -0.3 is 14.5 Å². The summed E-state index contributed by atoms with van der Waals surface area (Å²) >= 11 is 0. The van der Waals surface area contributed by atoms with Crippen LogP contribution in [0.5, 0.6) is 5.75 Å². The summed E-state index contributed by atoms with van der Waals surface area (Å²) < 4.78 is 10.9. The van der Waals surface area contributed by atoms with E-state index in [1.165, 1.54) is 18.4 Å². The van der Waals surface area contributed by atoms with E-state index < -0.39 is 0 Å². The Kier molecular flexibility index (Phi) is 2.77. The van der Waals surface area contributed by atoms with Crippen LogP contribution in [0.2, 0.25) is 0 Å². The van der Waals surface area contributed by atoms with Gasteiger partial charge in [0, 0.05) is 6.04 Å². The van der Waals surface area contributed by atoms with Gasteiger partial charge in [0.1, 0.15) is 11.3 Å². The van der Waals surface area contributed by atoms with Crippen LogP contribution in [0.1, 0.15) is 18.4 Å². The lowest BCUT2D eigenvalue weighted by Gasteiger charge is -2.13. The standard InChI is InChI=1S/C14H17NO2/c1-16-14-10(9-11-3-2-7-15-11)4-5-13-12(14)6-8-17-13/h4-6,8,11,15H,2-3,7,9H2,1H3. The molecule has 90 valence electrons. The van der Waals surface area contributed by atoms with Crippen LogP contribution >= 0.6 is 0 Å². The number of furan rings is 1. The Morgan fingerprint density at radius 1 is 1.41 bits per heavy atom. The molecular formula is C14H17NO2. The molecule has 0 bridgehead atoms. The Bertz CT molecular complexity index is 512. The molecular weight excluding hydrogens is 214 g/mol. The Balaban J connectivity index is 1.96. The summed E-state index contributed by atoms with van der Waals surface area (Å²) in [4.78, 5) is 0. The van der Waals surface area contributed by atoms with Crippen LogP contribution in [0, 0.1) is 0 Å². The first kappa shape index (κ1) is 10.7. The molecule has 1 unspecified atom stereocenters. The third-order valence-corrected chi connectivity index (χ3v) is 3.50. The molecule has 0 amide bonds. The average Bonchev–Trinajstić information content (AvgIpc) is 2.98. The smallest absolute Gasteiger partial charge is 0.137 e. The Hall–Kier alpha value is -1.48. The number of hydrogen-bond donors (Lipinski definition) is 1. The number of nitrogens with one attached hydrogen (secondary N) is 1. The van der Waals surface area contributed by atoms with E-state index in [0.717, 1.165) is 29.7 Å². The van der Waals surface area contributed by atoms with Crippen LogP contribution in [-0.2, 0) is 6.42 Å². The molecule has 3 heteroatoms. The SMILES string of the molecule is COc1c(CC2CCCN2)ccc2occc12. The fraction of sp³-hybridized carbons (Fsp3) is 0.429. The molecule has 0 aliphatic carbocycles. The normalized spacial score (nSPS) is 19.9. The van der Waals surface area contributed by atoms with Crippen molar-refractivity contribution in [2.45, 2.75) is 25.3 Å². The van der Waals surface area contributed by atoms with E-state index in [2.05, 4.69) is 11.4 Å². The molecule has 2 heterocycles. The van der Waals surface area contributed by atoms with Crippen molar-refractivity contribution < 1.29 is 9.15 Å². The van der Waals surface area contributed by atoms with Gasteiger partial charge in [0.25, 0.3) is 0 Å². The van der Waals surface area contributed by atoms with Gasteiger partial charge in [-0.2, -0.15) is 0 Å². The van der Waals surface area contributed by atoms with E-state index in [9.17, 15) is 0 Å². The minimum Gasteiger partial charge on any atom is -0.496 e. The largest absolute Gasteiger partial charge is 0.496 e. The molecule has 0 spiro atoms. The second-order valence-electron chi connectivity index (χ2n) is 4.59. The highest BCUT2D eigenvalue weighted by Crippen LogP contribution is 2.31. The summed E-state index contributed by atoms with van der Waals surface area (Å²) in [6.45, 7) is 1.14. The number of fused-ring (bicyclic) bond motifs is 1. The van der Waals surface area contributed by atoms with E-state index >= 15 is 0 Å². The van der Waals surface area contributed by atoms with E-state index in [1.807, 2.05) is 12.1 Å². The van der Waals surface area contributed by atoms with Gasteiger partial charge in [0.05, 0.1) is 18.8 Å². The van der Waals surface area contributed by atoms with Crippen LogP contribution in [-0.4, -0.2) is 19.7 Å². The maximum absolute atomic E-state index is 5.54. The predicted octanol–water partition coefficient (Wildman–Crippen LogP) is 2.74. The molecule has 2 aromatic rings. The van der Waals surface area contributed by atoms with Crippen molar-refractivity contribution in [1.82, 2.24) is 5.32 Å². The van der Waals surface area contributed by atoms with Crippen LogP contribution in [0.25, 0.3) is 11.0 Å². The van der Waals surface area contributed by atoms with Crippen molar-refractivity contribution >= 4 is 11.0 Å². The number of methoxy groups -OCH3 is 1. The highest BCUT2D eigenvalue weighted by molar-refractivity contribution is 5.85. The molecule has 1 atom stereocenters. The summed E-state index contributed by atoms with van der Waals surface area (Å²) in [6.07, 6.45) is 5.28. The maximum atomic E-state index is 5.54. The topological polar surface area (TPSA) is 34.4 Å². The quantitative estimate of drug-likeness (QED) is 0.882. The molecule has 3 rings (SSSR count). The Labute approximate surface area is 101 Å². The lowest BCUT2D eigenvalue weighted by Crippen LogP contribution is -2.23. The predicted molar refractivity (Wildman–Crippen MR) is 67.5 cm³/mol. The Morgan fingerprint density at radius 3 is 3.12 bits per heavy atom. The van der Waals surface area contributed by atoms with Gasteiger partial charge in [-0.3, -0.25) is 0 Å². The minimum atomic E-state index is 0.591. The molecule has 1 aliphatic heterocycles. The molecule has 0 radical (unpaired) electrons. The van der Waals surface area contributed by atoms with Gasteiger partial charge in [0.2, 0.25) is 0 Å². The molecule has 3 nitrogen and oxygen atoms in total. The van der Waals surface area contributed by atoms with Crippen molar-refractivity contribution in [3.8, 4) is 5.75 Å². The van der Waals surface area contributed by atoms with Crippen molar-refractivity contribution in [2.75, 3.05) is 13.7 Å². The van der Waals surface area contributed by atoms with Crippen molar-refractivity contribution in [3.63, 3.8) is 0 Å². The lowest BCUT2D eigenvalue weighted by atomic mass is 10.0. The zero-order chi connectivity index (χ0) is 11.7. The third kappa shape index (κ3) is 1.91. The van der Waals surface area contributed by atoms with E-state index in [4.69, 9.17) is 9.15 Å². The first-order chi connectivity index (χ1) is 8.38. The summed E-state index contributed by atoms with van der Waals surface area (Å²) in [5, 5.41) is 4.59. The van der Waals surface area contributed by atoms with Crippen molar-refractivity contribution in [1.29, 1.82) is 0 Å². The van der Waals surface area contributed by atoms with Crippen molar-refractivity contribution in [2.24, 2.45) is 0 Å². The van der Waals surface area contributed by atoms with Crippen molar-refractivity contribution in [3.05, 3.63) is 30.0 Å². The molecule has 17 heavy (non-hydrogen) atoms. The second-order valence-corrected chi connectivity index (χ2v) is 4.59. The van der Waals surface area contributed by atoms with Crippen LogP contribution in [0.3, 0.4) is 0 Å². The van der Waals surface area contributed by atoms with Gasteiger partial charge >= 0.3 is 0 Å². The summed E-state index contributed by atoms with van der Waals surface area (Å²) in [7, 11) is 1.73. The number of hydrogen-bond acceptors (Lipinski definition) is 3. The third-order valence-electron chi connectivity index (χ3n) is 3.50. The van der Waals surface area contributed by atoms with E-state index in [-0.39, 0.29) is 0 Å². The molecule has 1 saturated heterocycles. The van der Waals surface area contributed by atoms with E-state index in [0.29, 0.717) is 6.04 Å². The highest BCUT2D eigenvalue weighted by atomic mass is 16.5. The minimum absolute atomic E-state index is 0.591. The van der Waals surface area contributed by atoms with Gasteiger partial charge in [-0.1, -0.05) is 6.07 Å². The summed E-state index contributed by atoms with van der Waals surface area (Å²) in [5.41, 5.74) is 2.16. The van der Waals surface area contributed by atoms with Gasteiger partial charge in [0.15, 0.2) is 0 Å². The molecule has 1 fully saturated rings. The van der Waals surface area contributed by atoms with Gasteiger partial charge in [-0.15, -0.1) is 0 Å². The molecule has 1 aromatic carbocycles. The summed E-state index contributed by atoms with van der Waals surface area (Å²) in [6, 6.07) is 6.71. The fourth-order valence-electron chi connectivity index (χ4n) is 2.66. The van der Waals surface area contributed by atoms with Crippen LogP contribution in [0.15, 0.2) is 28.9 Å². The molecule has 1 aliphatic rings.